The quantitative estimate of drug-likeness (QED) is 0.335. The number of pyridine rings is 1. The van der Waals surface area contributed by atoms with E-state index in [1.807, 2.05) is 51.1 Å². The van der Waals surface area contributed by atoms with Crippen LogP contribution in [0.25, 0.3) is 21.7 Å². The molecule has 0 radical (unpaired) electrons. The number of hydrogen-bond donors (Lipinski definition) is 0. The lowest BCUT2D eigenvalue weighted by Crippen LogP contribution is -2.20. The van der Waals surface area contributed by atoms with Crippen LogP contribution in [-0.2, 0) is 6.42 Å². The molecule has 154 valence electrons. The molecular formula is C28H31NO. The average molecular weight is 398 g/mol. The van der Waals surface area contributed by atoms with E-state index in [4.69, 9.17) is 0 Å². The lowest BCUT2D eigenvalue weighted by Gasteiger charge is -2.16. The molecule has 0 saturated heterocycles. The fourth-order valence-corrected chi connectivity index (χ4v) is 3.47. The first kappa shape index (κ1) is 21.7. The third-order valence-electron chi connectivity index (χ3n) is 4.99. The number of fused-ring (bicyclic) bond motifs is 2. The van der Waals surface area contributed by atoms with Crippen LogP contribution >= 0.6 is 0 Å². The molecule has 0 aliphatic heterocycles. The van der Waals surface area contributed by atoms with Crippen LogP contribution in [0.2, 0.25) is 0 Å². The Hall–Kier alpha value is -3.00. The molecular weight excluding hydrogens is 366 g/mol. The third-order valence-corrected chi connectivity index (χ3v) is 4.99. The van der Waals surface area contributed by atoms with E-state index in [2.05, 4.69) is 61.3 Å². The van der Waals surface area contributed by atoms with Crippen molar-refractivity contribution in [3.05, 3.63) is 90.1 Å². The first-order valence-electron chi connectivity index (χ1n) is 10.6. The van der Waals surface area contributed by atoms with Gasteiger partial charge < -0.3 is 0 Å². The average Bonchev–Trinajstić information content (AvgIpc) is 2.72. The highest BCUT2D eigenvalue weighted by atomic mass is 16.1. The summed E-state index contributed by atoms with van der Waals surface area (Å²) in [5, 5.41) is 3.70. The number of carbonyl (C=O) groups is 1. The van der Waals surface area contributed by atoms with Gasteiger partial charge in [0.2, 0.25) is 0 Å². The summed E-state index contributed by atoms with van der Waals surface area (Å²) in [5.41, 5.74) is 2.70. The summed E-state index contributed by atoms with van der Waals surface area (Å²) in [6.45, 7) is 10.3. The number of carbonyl (C=O) groups excluding carboxylic acids is 1. The molecule has 4 rings (SSSR count). The van der Waals surface area contributed by atoms with Gasteiger partial charge in [0.1, 0.15) is 0 Å². The molecule has 2 heteroatoms. The second-order valence-corrected chi connectivity index (χ2v) is 9.28. The number of benzene rings is 3. The van der Waals surface area contributed by atoms with Gasteiger partial charge in [-0.25, -0.2) is 0 Å². The summed E-state index contributed by atoms with van der Waals surface area (Å²) in [6, 6.07) is 25.0. The highest BCUT2D eigenvalue weighted by Gasteiger charge is 2.23. The first-order valence-corrected chi connectivity index (χ1v) is 10.6. The summed E-state index contributed by atoms with van der Waals surface area (Å²) in [7, 11) is 0. The zero-order valence-electron chi connectivity index (χ0n) is 18.6. The highest BCUT2D eigenvalue weighted by Crippen LogP contribution is 2.22. The summed E-state index contributed by atoms with van der Waals surface area (Å²) in [5.74, 6) is 0.863. The predicted octanol–water partition coefficient (Wildman–Crippen LogP) is 7.50. The summed E-state index contributed by atoms with van der Waals surface area (Å²) >= 11 is 0. The Balaban J connectivity index is 0.000000172. The molecule has 0 unspecified atom stereocenters. The van der Waals surface area contributed by atoms with Gasteiger partial charge in [-0.2, -0.15) is 0 Å². The maximum atomic E-state index is 12.1. The Bertz CT molecular complexity index is 1150. The Kier molecular flexibility index (Phi) is 6.66. The number of ketones is 1. The maximum Gasteiger partial charge on any atom is 0.169 e. The standard InChI is InChI=1S/C14H15NO.C14H16/c1-14(2,3)13(16)11-8-10-6-4-5-7-12(10)15-9-11;1-11(2)9-12-7-8-13-5-3-4-6-14(13)10-12/h4-9H,1-3H3;3-8,10-11H,9H2,1-2H3. The first-order chi connectivity index (χ1) is 14.2. The Labute approximate surface area is 180 Å². The zero-order valence-corrected chi connectivity index (χ0v) is 18.6. The predicted molar refractivity (Wildman–Crippen MR) is 128 cm³/mol. The van der Waals surface area contributed by atoms with E-state index in [0.717, 1.165) is 16.8 Å². The van der Waals surface area contributed by atoms with Gasteiger partial charge in [-0.1, -0.05) is 95.3 Å². The molecule has 4 aromatic rings. The van der Waals surface area contributed by atoms with E-state index in [-0.39, 0.29) is 11.2 Å². The Morgan fingerprint density at radius 1 is 0.833 bits per heavy atom. The van der Waals surface area contributed by atoms with Crippen LogP contribution in [0.3, 0.4) is 0 Å². The molecule has 1 heterocycles. The molecule has 0 fully saturated rings. The number of para-hydroxylation sites is 1. The van der Waals surface area contributed by atoms with Crippen molar-refractivity contribution < 1.29 is 4.79 Å². The molecule has 0 atom stereocenters. The van der Waals surface area contributed by atoms with Gasteiger partial charge in [0.05, 0.1) is 5.52 Å². The molecule has 0 N–H and O–H groups in total. The minimum absolute atomic E-state index is 0.130. The molecule has 0 amide bonds. The van der Waals surface area contributed by atoms with Crippen molar-refractivity contribution in [3.63, 3.8) is 0 Å². The van der Waals surface area contributed by atoms with Crippen molar-refractivity contribution in [1.29, 1.82) is 0 Å². The number of nitrogens with zero attached hydrogens (tertiary/aromatic N) is 1. The topological polar surface area (TPSA) is 30.0 Å². The number of rotatable bonds is 3. The highest BCUT2D eigenvalue weighted by molar-refractivity contribution is 6.01. The zero-order chi connectivity index (χ0) is 21.7. The van der Waals surface area contributed by atoms with Gasteiger partial charge in [0.15, 0.2) is 5.78 Å². The Morgan fingerprint density at radius 3 is 2.13 bits per heavy atom. The van der Waals surface area contributed by atoms with Crippen molar-refractivity contribution in [1.82, 2.24) is 4.98 Å². The fourth-order valence-electron chi connectivity index (χ4n) is 3.47. The van der Waals surface area contributed by atoms with Crippen LogP contribution in [0.1, 0.15) is 50.5 Å². The molecule has 0 aliphatic carbocycles. The van der Waals surface area contributed by atoms with E-state index in [1.165, 1.54) is 22.8 Å². The molecule has 30 heavy (non-hydrogen) atoms. The summed E-state index contributed by atoms with van der Waals surface area (Å²) < 4.78 is 0. The van der Waals surface area contributed by atoms with E-state index in [9.17, 15) is 4.79 Å². The number of hydrogen-bond acceptors (Lipinski definition) is 2. The van der Waals surface area contributed by atoms with E-state index in [1.54, 1.807) is 6.20 Å². The SMILES string of the molecule is CC(C)(C)C(=O)c1cnc2ccccc2c1.CC(C)Cc1ccc2ccccc2c1. The smallest absolute Gasteiger partial charge is 0.169 e. The van der Waals surface area contributed by atoms with Gasteiger partial charge in [-0.05, 0) is 40.8 Å². The largest absolute Gasteiger partial charge is 0.294 e. The van der Waals surface area contributed by atoms with Crippen molar-refractivity contribution in [3.8, 4) is 0 Å². The van der Waals surface area contributed by atoms with E-state index < -0.39 is 0 Å². The van der Waals surface area contributed by atoms with Crippen molar-refractivity contribution in [2.45, 2.75) is 41.0 Å². The van der Waals surface area contributed by atoms with E-state index >= 15 is 0 Å². The number of Topliss-reactive ketones (excluding diaryl/α,β-unsaturated/α-hetero) is 1. The summed E-state index contributed by atoms with van der Waals surface area (Å²) in [6.07, 6.45) is 2.83. The van der Waals surface area contributed by atoms with Crippen LogP contribution in [0, 0.1) is 11.3 Å². The minimum atomic E-state index is -0.357. The minimum Gasteiger partial charge on any atom is -0.294 e. The molecule has 0 bridgehead atoms. The molecule has 0 aliphatic rings. The van der Waals surface area contributed by atoms with Crippen molar-refractivity contribution in [2.24, 2.45) is 11.3 Å². The van der Waals surface area contributed by atoms with Crippen LogP contribution in [0.5, 0.6) is 0 Å². The van der Waals surface area contributed by atoms with Gasteiger partial charge in [-0.3, -0.25) is 9.78 Å². The van der Waals surface area contributed by atoms with Crippen molar-refractivity contribution >= 4 is 27.5 Å². The van der Waals surface area contributed by atoms with Crippen LogP contribution in [-0.4, -0.2) is 10.8 Å². The second-order valence-electron chi connectivity index (χ2n) is 9.28. The van der Waals surface area contributed by atoms with Gasteiger partial charge in [0, 0.05) is 22.6 Å². The summed E-state index contributed by atoms with van der Waals surface area (Å²) in [4.78, 5) is 16.4. The molecule has 1 aromatic heterocycles. The van der Waals surface area contributed by atoms with Gasteiger partial charge >= 0.3 is 0 Å². The van der Waals surface area contributed by atoms with E-state index in [0.29, 0.717) is 5.56 Å². The van der Waals surface area contributed by atoms with Crippen LogP contribution in [0.15, 0.2) is 79.0 Å². The third kappa shape index (κ3) is 5.54. The molecule has 3 aromatic carbocycles. The van der Waals surface area contributed by atoms with Gasteiger partial charge in [0.25, 0.3) is 0 Å². The second kappa shape index (κ2) is 9.21. The van der Waals surface area contributed by atoms with Crippen LogP contribution in [0.4, 0.5) is 0 Å². The molecule has 0 saturated carbocycles. The molecule has 2 nitrogen and oxygen atoms in total. The monoisotopic (exact) mass is 397 g/mol. The fraction of sp³-hybridized carbons (Fsp3) is 0.286. The van der Waals surface area contributed by atoms with Gasteiger partial charge in [-0.15, -0.1) is 0 Å². The Morgan fingerprint density at radius 2 is 1.47 bits per heavy atom. The number of aromatic nitrogens is 1. The van der Waals surface area contributed by atoms with Crippen LogP contribution < -0.4 is 0 Å². The molecule has 0 spiro atoms. The van der Waals surface area contributed by atoms with Crippen molar-refractivity contribution in [2.75, 3.05) is 0 Å². The lowest BCUT2D eigenvalue weighted by molar-refractivity contribution is 0.0858. The normalized spacial score (nSPS) is 11.4. The lowest BCUT2D eigenvalue weighted by atomic mass is 9.87. The maximum absolute atomic E-state index is 12.1.